The lowest BCUT2D eigenvalue weighted by atomic mass is 9.51. The van der Waals surface area contributed by atoms with Crippen molar-refractivity contribution < 1.29 is 18.0 Å². The molecule has 1 aliphatic rings. The molecule has 0 aromatic carbocycles. The molecule has 148 valence electrons. The maximum Gasteiger partial charge on any atom is 0.434 e. The maximum atomic E-state index is 12.9. The fraction of sp³-hybridized carbons (Fsp3) is 0.600. The van der Waals surface area contributed by atoms with E-state index in [1.54, 1.807) is 6.07 Å². The lowest BCUT2D eigenvalue weighted by Gasteiger charge is -2.55. The summed E-state index contributed by atoms with van der Waals surface area (Å²) in [6.07, 6.45) is -1.35. The van der Waals surface area contributed by atoms with Crippen molar-refractivity contribution >= 4 is 11.6 Å². The van der Waals surface area contributed by atoms with E-state index in [0.29, 0.717) is 24.3 Å². The Morgan fingerprint density at radius 2 is 2.11 bits per heavy atom. The van der Waals surface area contributed by atoms with Gasteiger partial charge in [0, 0.05) is 12.7 Å². The second kappa shape index (κ2) is 6.84. The number of carbonyl (C=O) groups is 1. The van der Waals surface area contributed by atoms with Crippen LogP contribution in [0.1, 0.15) is 56.7 Å². The van der Waals surface area contributed by atoms with Crippen molar-refractivity contribution in [2.75, 3.05) is 6.54 Å². The Hall–Kier alpha value is -2.05. The molecule has 4 nitrogen and oxygen atoms in total. The molecule has 1 N–H and O–H groups in total. The van der Waals surface area contributed by atoms with E-state index in [-0.39, 0.29) is 22.7 Å². The van der Waals surface area contributed by atoms with Crippen LogP contribution in [0.2, 0.25) is 0 Å². The first-order valence-corrected chi connectivity index (χ1v) is 9.39. The van der Waals surface area contributed by atoms with Crippen molar-refractivity contribution in [3.8, 4) is 0 Å². The van der Waals surface area contributed by atoms with Gasteiger partial charge in [0.05, 0.1) is 0 Å². The normalized spacial score (nSPS) is 23.1. The second-order valence-electron chi connectivity index (χ2n) is 8.22. The summed E-state index contributed by atoms with van der Waals surface area (Å²) in [6.45, 7) is 9.38. The Balaban J connectivity index is 1.71. The Morgan fingerprint density at radius 1 is 1.41 bits per heavy atom. The number of carbonyl (C=O) groups excluding carboxylic acids is 1. The molecule has 3 rings (SSSR count). The number of nitrogens with zero attached hydrogens (tertiary/aromatic N) is 2. The number of pyridine rings is 1. The SMILES string of the molecule is CCC1CC([C@@H](C)CNC(=O)c2cccc3nc(C(F)(F)F)cn23)C1(C)C. The summed E-state index contributed by atoms with van der Waals surface area (Å²) >= 11 is 0. The molecule has 7 heteroatoms. The number of hydrogen-bond donors (Lipinski definition) is 1. The lowest BCUT2D eigenvalue weighted by molar-refractivity contribution is -0.140. The first-order chi connectivity index (χ1) is 12.6. The van der Waals surface area contributed by atoms with Gasteiger partial charge in [0.25, 0.3) is 5.91 Å². The summed E-state index contributed by atoms with van der Waals surface area (Å²) in [4.78, 5) is 16.2. The molecule has 2 aromatic rings. The number of halogens is 3. The van der Waals surface area contributed by atoms with Gasteiger partial charge in [-0.1, -0.05) is 40.2 Å². The predicted octanol–water partition coefficient (Wildman–Crippen LogP) is 4.79. The van der Waals surface area contributed by atoms with Crippen molar-refractivity contribution in [3.05, 3.63) is 35.8 Å². The Morgan fingerprint density at radius 3 is 2.70 bits per heavy atom. The number of fused-ring (bicyclic) bond motifs is 1. The number of hydrogen-bond acceptors (Lipinski definition) is 2. The van der Waals surface area contributed by atoms with E-state index in [9.17, 15) is 18.0 Å². The lowest BCUT2D eigenvalue weighted by Crippen LogP contribution is -2.49. The van der Waals surface area contributed by atoms with E-state index in [2.05, 4.69) is 38.0 Å². The maximum absolute atomic E-state index is 12.9. The van der Waals surface area contributed by atoms with Gasteiger partial charge in [0.15, 0.2) is 5.69 Å². The van der Waals surface area contributed by atoms with Crippen LogP contribution < -0.4 is 5.32 Å². The molecule has 1 saturated carbocycles. The summed E-state index contributed by atoms with van der Waals surface area (Å²) in [5.74, 6) is 1.16. The average Bonchev–Trinajstić information content (AvgIpc) is 3.03. The molecule has 0 spiro atoms. The molecule has 2 unspecified atom stereocenters. The van der Waals surface area contributed by atoms with Gasteiger partial charge in [-0.2, -0.15) is 13.2 Å². The highest BCUT2D eigenvalue weighted by Gasteiger charge is 2.48. The van der Waals surface area contributed by atoms with Crippen LogP contribution in [0.4, 0.5) is 13.2 Å². The number of aromatic nitrogens is 2. The minimum absolute atomic E-state index is 0.105. The van der Waals surface area contributed by atoms with E-state index in [4.69, 9.17) is 0 Å². The fourth-order valence-corrected chi connectivity index (χ4v) is 4.53. The topological polar surface area (TPSA) is 46.4 Å². The Labute approximate surface area is 157 Å². The van der Waals surface area contributed by atoms with Crippen molar-refractivity contribution in [2.45, 2.75) is 46.7 Å². The van der Waals surface area contributed by atoms with Gasteiger partial charge < -0.3 is 5.32 Å². The standard InChI is InChI=1S/C20H26F3N3O/c1-5-13-9-14(19(13,3)4)12(2)10-24-18(27)15-7-6-8-17-25-16(11-26(15)17)20(21,22)23/h6-8,11-14H,5,9-10H2,1-4H3,(H,24,27)/t12-,13?,14?/m0/s1. The molecular formula is C20H26F3N3O. The van der Waals surface area contributed by atoms with Crippen molar-refractivity contribution in [2.24, 2.45) is 23.2 Å². The summed E-state index contributed by atoms with van der Waals surface area (Å²) < 4.78 is 39.9. The second-order valence-corrected chi connectivity index (χ2v) is 8.22. The number of rotatable bonds is 5. The van der Waals surface area contributed by atoms with Gasteiger partial charge in [0.1, 0.15) is 11.3 Å². The Bertz CT molecular complexity index is 841. The molecule has 0 radical (unpaired) electrons. The zero-order valence-electron chi connectivity index (χ0n) is 16.1. The van der Waals surface area contributed by atoms with Gasteiger partial charge in [-0.15, -0.1) is 0 Å². The smallest absolute Gasteiger partial charge is 0.350 e. The largest absolute Gasteiger partial charge is 0.434 e. The third-order valence-electron chi connectivity index (χ3n) is 6.33. The summed E-state index contributed by atoms with van der Waals surface area (Å²) in [6, 6.07) is 4.51. The zero-order valence-corrected chi connectivity index (χ0v) is 16.1. The third-order valence-corrected chi connectivity index (χ3v) is 6.33. The highest BCUT2D eigenvalue weighted by atomic mass is 19.4. The number of imidazole rings is 1. The van der Waals surface area contributed by atoms with Crippen LogP contribution in [-0.2, 0) is 6.18 Å². The molecule has 1 amide bonds. The number of alkyl halides is 3. The minimum Gasteiger partial charge on any atom is -0.350 e. The summed E-state index contributed by atoms with van der Waals surface area (Å²) in [7, 11) is 0. The molecule has 0 saturated heterocycles. The molecule has 1 fully saturated rings. The molecule has 2 heterocycles. The zero-order chi connectivity index (χ0) is 20.0. The quantitative estimate of drug-likeness (QED) is 0.809. The van der Waals surface area contributed by atoms with E-state index >= 15 is 0 Å². The Kier molecular flexibility index (Phi) is 4.99. The number of amides is 1. The molecule has 27 heavy (non-hydrogen) atoms. The monoisotopic (exact) mass is 381 g/mol. The van der Waals surface area contributed by atoms with Gasteiger partial charge in [-0.25, -0.2) is 4.98 Å². The summed E-state index contributed by atoms with van der Waals surface area (Å²) in [5.41, 5.74) is -0.487. The van der Waals surface area contributed by atoms with Crippen LogP contribution in [0, 0.1) is 23.2 Å². The van der Waals surface area contributed by atoms with E-state index < -0.39 is 11.9 Å². The van der Waals surface area contributed by atoms with Crippen LogP contribution in [0.25, 0.3) is 5.65 Å². The fourth-order valence-electron chi connectivity index (χ4n) is 4.53. The minimum atomic E-state index is -4.54. The predicted molar refractivity (Wildman–Crippen MR) is 97.4 cm³/mol. The molecular weight excluding hydrogens is 355 g/mol. The molecule has 1 aliphatic carbocycles. The van der Waals surface area contributed by atoms with E-state index in [0.717, 1.165) is 19.0 Å². The average molecular weight is 381 g/mol. The van der Waals surface area contributed by atoms with Crippen LogP contribution in [0.3, 0.4) is 0 Å². The molecule has 0 aliphatic heterocycles. The van der Waals surface area contributed by atoms with Crippen LogP contribution >= 0.6 is 0 Å². The first-order valence-electron chi connectivity index (χ1n) is 9.39. The van der Waals surface area contributed by atoms with Gasteiger partial charge in [-0.3, -0.25) is 9.20 Å². The molecule has 0 bridgehead atoms. The van der Waals surface area contributed by atoms with E-state index in [1.165, 1.54) is 16.5 Å². The highest BCUT2D eigenvalue weighted by Crippen LogP contribution is 2.55. The van der Waals surface area contributed by atoms with Crippen LogP contribution in [0.15, 0.2) is 24.4 Å². The van der Waals surface area contributed by atoms with Crippen molar-refractivity contribution in [3.63, 3.8) is 0 Å². The van der Waals surface area contributed by atoms with E-state index in [1.807, 2.05) is 0 Å². The van der Waals surface area contributed by atoms with Gasteiger partial charge in [0.2, 0.25) is 0 Å². The molecule has 2 aromatic heterocycles. The van der Waals surface area contributed by atoms with Crippen LogP contribution in [-0.4, -0.2) is 21.8 Å². The van der Waals surface area contributed by atoms with Crippen molar-refractivity contribution in [1.29, 1.82) is 0 Å². The summed E-state index contributed by atoms with van der Waals surface area (Å²) in [5, 5.41) is 2.89. The molecule has 3 atom stereocenters. The van der Waals surface area contributed by atoms with Crippen LogP contribution in [0.5, 0.6) is 0 Å². The van der Waals surface area contributed by atoms with Gasteiger partial charge >= 0.3 is 6.18 Å². The first kappa shape index (κ1) is 19.7. The highest BCUT2D eigenvalue weighted by molar-refractivity contribution is 5.93. The van der Waals surface area contributed by atoms with Gasteiger partial charge in [-0.05, 0) is 41.7 Å². The number of nitrogens with one attached hydrogen (secondary N) is 1. The third kappa shape index (κ3) is 3.56. The van der Waals surface area contributed by atoms with Crippen molar-refractivity contribution in [1.82, 2.24) is 14.7 Å².